The predicted octanol–water partition coefficient (Wildman–Crippen LogP) is 8.24. The van der Waals surface area contributed by atoms with Crippen LogP contribution in [0, 0.1) is 0 Å². The van der Waals surface area contributed by atoms with Crippen molar-refractivity contribution < 1.29 is 18.7 Å². The zero-order chi connectivity index (χ0) is 33.7. The second kappa shape index (κ2) is 12.2. The highest BCUT2D eigenvalue weighted by Gasteiger charge is 2.65. The molecule has 9 heteroatoms. The normalized spacial score (nSPS) is 21.2. The number of halogens is 2. The second-order valence-corrected chi connectivity index (χ2v) is 12.9. The predicted molar refractivity (Wildman–Crippen MR) is 188 cm³/mol. The number of esters is 1. The zero-order valence-corrected chi connectivity index (χ0v) is 27.2. The fourth-order valence-electron chi connectivity index (χ4n) is 7.27. The lowest BCUT2D eigenvalue weighted by atomic mass is 9.58. The number of hydrogen-bond acceptors (Lipinski definition) is 6. The van der Waals surface area contributed by atoms with E-state index in [0.29, 0.717) is 48.8 Å². The fraction of sp³-hybridized carbons (Fsp3) is 0.100. The summed E-state index contributed by atoms with van der Waals surface area (Å²) in [5.41, 5.74) is 0.838. The molecule has 1 aliphatic heterocycles. The summed E-state index contributed by atoms with van der Waals surface area (Å²) < 4.78 is 12.1. The summed E-state index contributed by atoms with van der Waals surface area (Å²) in [4.78, 5) is 48.6. The molecular formula is C40H26Cl2N2O5. The van der Waals surface area contributed by atoms with E-state index in [2.05, 4.69) is 5.32 Å². The average Bonchev–Trinajstić information content (AvgIpc) is 3.46. The van der Waals surface area contributed by atoms with Crippen molar-refractivity contribution in [3.63, 3.8) is 0 Å². The minimum Gasteiger partial charge on any atom is -0.422 e. The Morgan fingerprint density at radius 2 is 1.29 bits per heavy atom. The van der Waals surface area contributed by atoms with E-state index in [0.717, 1.165) is 0 Å². The van der Waals surface area contributed by atoms with Crippen molar-refractivity contribution in [2.45, 2.75) is 23.4 Å². The van der Waals surface area contributed by atoms with Crippen LogP contribution in [-0.2, 0) is 9.53 Å². The molecule has 49 heavy (non-hydrogen) atoms. The van der Waals surface area contributed by atoms with E-state index < -0.39 is 40.9 Å². The van der Waals surface area contributed by atoms with Crippen molar-refractivity contribution in [1.29, 1.82) is 0 Å². The third kappa shape index (κ3) is 5.14. The van der Waals surface area contributed by atoms with Gasteiger partial charge in [-0.1, -0.05) is 102 Å². The molecule has 1 amide bonds. The quantitative estimate of drug-likeness (QED) is 0.146. The molecule has 1 N–H and O–H groups in total. The number of hydrogen-bond donors (Lipinski definition) is 1. The highest BCUT2D eigenvalue weighted by atomic mass is 35.5. The first-order valence-corrected chi connectivity index (χ1v) is 16.4. The minimum atomic E-state index is -1.80. The van der Waals surface area contributed by atoms with Gasteiger partial charge in [0.2, 0.25) is 5.90 Å². The van der Waals surface area contributed by atoms with Gasteiger partial charge in [-0.2, -0.15) is 0 Å². The molecule has 5 aromatic carbocycles. The Morgan fingerprint density at radius 1 is 0.694 bits per heavy atom. The van der Waals surface area contributed by atoms with Gasteiger partial charge >= 0.3 is 11.6 Å². The van der Waals surface area contributed by atoms with Gasteiger partial charge in [0.15, 0.2) is 5.54 Å². The summed E-state index contributed by atoms with van der Waals surface area (Å²) >= 11 is 12.8. The van der Waals surface area contributed by atoms with Crippen molar-refractivity contribution in [2.75, 3.05) is 0 Å². The molecule has 1 spiro atoms. The van der Waals surface area contributed by atoms with Crippen molar-refractivity contribution in [1.82, 2.24) is 5.32 Å². The number of fused-ring (bicyclic) bond motifs is 3. The second-order valence-electron chi connectivity index (χ2n) is 12.0. The molecule has 240 valence electrons. The Hall–Kier alpha value is -5.50. The first kappa shape index (κ1) is 30.8. The molecule has 4 atom stereocenters. The Kier molecular flexibility index (Phi) is 7.66. The average molecular weight is 686 g/mol. The van der Waals surface area contributed by atoms with E-state index in [1.165, 1.54) is 0 Å². The first-order valence-electron chi connectivity index (χ1n) is 15.6. The van der Waals surface area contributed by atoms with Crippen LogP contribution in [0.25, 0.3) is 11.0 Å². The molecule has 0 saturated heterocycles. The van der Waals surface area contributed by atoms with Gasteiger partial charge < -0.3 is 14.5 Å². The van der Waals surface area contributed by atoms with Gasteiger partial charge in [-0.05, 0) is 71.3 Å². The molecular weight excluding hydrogens is 659 g/mol. The molecule has 7 nitrogen and oxygen atoms in total. The van der Waals surface area contributed by atoms with Crippen LogP contribution in [0.15, 0.2) is 148 Å². The van der Waals surface area contributed by atoms with E-state index in [4.69, 9.17) is 37.3 Å². The molecule has 1 aliphatic carbocycles. The zero-order valence-electron chi connectivity index (χ0n) is 25.7. The van der Waals surface area contributed by atoms with Crippen LogP contribution >= 0.6 is 23.2 Å². The summed E-state index contributed by atoms with van der Waals surface area (Å²) in [5.74, 6) is -2.88. The lowest BCUT2D eigenvalue weighted by Gasteiger charge is -2.47. The minimum absolute atomic E-state index is 0.102. The molecule has 2 aliphatic rings. The van der Waals surface area contributed by atoms with Crippen LogP contribution in [0.3, 0.4) is 0 Å². The molecule has 6 aromatic rings. The number of cyclic esters (lactones) is 1. The van der Waals surface area contributed by atoms with Crippen LogP contribution in [0.2, 0.25) is 10.0 Å². The van der Waals surface area contributed by atoms with Crippen LogP contribution in [0.4, 0.5) is 0 Å². The van der Waals surface area contributed by atoms with Gasteiger partial charge in [-0.25, -0.2) is 14.6 Å². The number of carbonyl (C=O) groups excluding carboxylic acids is 2. The Morgan fingerprint density at radius 3 is 1.96 bits per heavy atom. The van der Waals surface area contributed by atoms with Gasteiger partial charge in [0.25, 0.3) is 5.91 Å². The number of ether oxygens (including phenoxy) is 1. The topological polar surface area (TPSA) is 98.0 Å². The number of aliphatic imine (C=N–C) groups is 1. The van der Waals surface area contributed by atoms with Gasteiger partial charge in [0.1, 0.15) is 5.58 Å². The summed E-state index contributed by atoms with van der Waals surface area (Å²) in [5, 5.41) is 4.81. The summed E-state index contributed by atoms with van der Waals surface area (Å²) in [6, 6.07) is 38.1. The standard InChI is InChI=1S/C40H26Cl2N2O5/c41-27-19-15-23(16-20-27)33-32-31(29-13-7-8-14-30(29)48-38(32)46)35(43-36(45)25-9-3-1-4-10-25)34(24-17-21-28(42)22-18-24)40(33)39(47)49-37(44-40)26-11-5-2-6-12-26/h1-22,33-35H,(H,43,45)/t33-,34+,35-,40+/m1/s1. The Labute approximate surface area is 290 Å². The molecule has 1 aromatic heterocycles. The van der Waals surface area contributed by atoms with Gasteiger partial charge in [0.05, 0.1) is 17.5 Å². The lowest BCUT2D eigenvalue weighted by molar-refractivity contribution is -0.141. The van der Waals surface area contributed by atoms with Crippen LogP contribution in [-0.4, -0.2) is 23.3 Å². The number of para-hydroxylation sites is 1. The third-order valence-corrected chi connectivity index (χ3v) is 9.82. The maximum Gasteiger partial charge on any atom is 0.342 e. The number of nitrogens with one attached hydrogen (secondary N) is 1. The smallest absolute Gasteiger partial charge is 0.342 e. The largest absolute Gasteiger partial charge is 0.422 e. The van der Waals surface area contributed by atoms with E-state index in [1.807, 2.05) is 48.5 Å². The van der Waals surface area contributed by atoms with Crippen LogP contribution in [0.1, 0.15) is 56.1 Å². The van der Waals surface area contributed by atoms with Crippen LogP contribution < -0.4 is 10.9 Å². The number of rotatable bonds is 5. The number of benzene rings is 5. The molecule has 0 radical (unpaired) electrons. The molecule has 8 rings (SSSR count). The first-order chi connectivity index (χ1) is 23.8. The number of nitrogens with zero attached hydrogens (tertiary/aromatic N) is 1. The van der Waals surface area contributed by atoms with E-state index in [9.17, 15) is 14.4 Å². The van der Waals surface area contributed by atoms with Gasteiger partial charge in [-0.15, -0.1) is 0 Å². The number of amides is 1. The van der Waals surface area contributed by atoms with Crippen molar-refractivity contribution in [2.24, 2.45) is 4.99 Å². The van der Waals surface area contributed by atoms with Crippen molar-refractivity contribution in [3.8, 4) is 0 Å². The molecule has 0 bridgehead atoms. The summed E-state index contributed by atoms with van der Waals surface area (Å²) in [6.07, 6.45) is 0. The fourth-order valence-corrected chi connectivity index (χ4v) is 7.52. The molecule has 0 saturated carbocycles. The van der Waals surface area contributed by atoms with E-state index >= 15 is 0 Å². The molecule has 2 heterocycles. The van der Waals surface area contributed by atoms with Crippen molar-refractivity contribution >= 4 is 51.9 Å². The Balaban J connectivity index is 1.51. The lowest BCUT2D eigenvalue weighted by Crippen LogP contribution is -2.56. The highest BCUT2D eigenvalue weighted by Crippen LogP contribution is 2.59. The summed E-state index contributed by atoms with van der Waals surface area (Å²) in [6.45, 7) is 0. The number of carbonyl (C=O) groups is 2. The highest BCUT2D eigenvalue weighted by molar-refractivity contribution is 6.30. The molecule has 0 fully saturated rings. The monoisotopic (exact) mass is 684 g/mol. The van der Waals surface area contributed by atoms with Gasteiger partial charge in [0, 0.05) is 32.5 Å². The summed E-state index contributed by atoms with van der Waals surface area (Å²) in [7, 11) is 0. The van der Waals surface area contributed by atoms with E-state index in [-0.39, 0.29) is 11.5 Å². The van der Waals surface area contributed by atoms with E-state index in [1.54, 1.807) is 84.9 Å². The molecule has 0 unspecified atom stereocenters. The van der Waals surface area contributed by atoms with Crippen LogP contribution in [0.5, 0.6) is 0 Å². The third-order valence-electron chi connectivity index (χ3n) is 9.32. The van der Waals surface area contributed by atoms with Crippen molar-refractivity contribution in [3.05, 3.63) is 187 Å². The maximum absolute atomic E-state index is 14.9. The van der Waals surface area contributed by atoms with Gasteiger partial charge in [-0.3, -0.25) is 4.79 Å². The maximum atomic E-state index is 14.9. The Bertz CT molecular complexity index is 2320. The SMILES string of the molecule is O=C(N[C@@H]1c2c(c(=O)oc3ccccc23)[C@@H](c2ccc(Cl)cc2)[C@]2(N=C(c3ccccc3)OC2=O)[C@H]1c1ccc(Cl)cc1)c1ccccc1.